The van der Waals surface area contributed by atoms with Gasteiger partial charge in [0, 0.05) is 30.6 Å². The number of carboxylic acids is 1. The van der Waals surface area contributed by atoms with Gasteiger partial charge in [-0.1, -0.05) is 41.7 Å². The number of nitrogens with one attached hydrogen (secondary N) is 1. The van der Waals surface area contributed by atoms with Gasteiger partial charge in [-0.3, -0.25) is 14.9 Å². The highest BCUT2D eigenvalue weighted by atomic mass is 32.1. The van der Waals surface area contributed by atoms with Crippen molar-refractivity contribution in [3.63, 3.8) is 0 Å². The zero-order chi connectivity index (χ0) is 38.0. The zero-order valence-electron chi connectivity index (χ0n) is 31.2. The van der Waals surface area contributed by atoms with Crippen LogP contribution in [-0.2, 0) is 22.5 Å². The fourth-order valence-corrected chi connectivity index (χ4v) is 8.33. The third kappa shape index (κ3) is 8.57. The summed E-state index contributed by atoms with van der Waals surface area (Å²) in [6, 6.07) is 23.4. The van der Waals surface area contributed by atoms with Crippen molar-refractivity contribution in [1.29, 1.82) is 0 Å². The van der Waals surface area contributed by atoms with Crippen molar-refractivity contribution in [2.75, 3.05) is 16.8 Å². The summed E-state index contributed by atoms with van der Waals surface area (Å²) in [4.78, 5) is 50.1. The maximum atomic E-state index is 13.8. The molecule has 1 aliphatic carbocycles. The topological polar surface area (TPSA) is 131 Å². The number of para-hydroxylation sites is 1. The molecule has 0 spiro atoms. The zero-order valence-corrected chi connectivity index (χ0v) is 32.0. The fraction of sp³-hybridized carbons (Fsp3) is 0.372. The molecule has 3 heterocycles. The summed E-state index contributed by atoms with van der Waals surface area (Å²) < 4.78 is 13.3. The summed E-state index contributed by atoms with van der Waals surface area (Å²) in [5, 5.41) is 12.6. The van der Waals surface area contributed by atoms with Crippen LogP contribution in [0.1, 0.15) is 96.8 Å². The number of pyridine rings is 1. The Bertz CT molecular complexity index is 2170. The Kier molecular flexibility index (Phi) is 10.7. The molecule has 1 fully saturated rings. The van der Waals surface area contributed by atoms with E-state index in [1.54, 1.807) is 0 Å². The predicted octanol–water partition coefficient (Wildman–Crippen LogP) is 9.24. The number of ether oxygens (including phenoxy) is 2. The number of rotatable bonds is 10. The van der Waals surface area contributed by atoms with Crippen LogP contribution in [0.5, 0.6) is 5.75 Å². The maximum Gasteiger partial charge on any atom is 0.358 e. The van der Waals surface area contributed by atoms with Crippen molar-refractivity contribution in [2.45, 2.75) is 90.9 Å². The number of amides is 1. The van der Waals surface area contributed by atoms with Crippen LogP contribution in [0.25, 0.3) is 21.3 Å². The van der Waals surface area contributed by atoms with Gasteiger partial charge in [0.25, 0.3) is 5.91 Å². The number of carbonyl (C=O) groups is 3. The van der Waals surface area contributed by atoms with Gasteiger partial charge in [0.2, 0.25) is 0 Å². The molecule has 1 amide bonds. The number of benzene rings is 3. The van der Waals surface area contributed by atoms with Crippen molar-refractivity contribution in [2.24, 2.45) is 5.92 Å². The van der Waals surface area contributed by atoms with Gasteiger partial charge < -0.3 is 19.5 Å². The number of carboxylic acid groups (broad SMARTS) is 1. The van der Waals surface area contributed by atoms with Crippen LogP contribution in [0.3, 0.4) is 0 Å². The number of esters is 1. The van der Waals surface area contributed by atoms with Crippen LogP contribution < -0.4 is 15.0 Å². The van der Waals surface area contributed by atoms with Gasteiger partial charge in [-0.2, -0.15) is 0 Å². The minimum atomic E-state index is -0.738. The number of aryl methyl sites for hydroxylation is 1. The van der Waals surface area contributed by atoms with Crippen molar-refractivity contribution in [1.82, 2.24) is 9.97 Å². The number of anilines is 2. The van der Waals surface area contributed by atoms with E-state index in [1.807, 2.05) is 94.4 Å². The molecule has 0 atom stereocenters. The molecule has 2 N–H and O–H groups in total. The van der Waals surface area contributed by atoms with E-state index in [0.29, 0.717) is 47.5 Å². The molecule has 2 aliphatic rings. The Morgan fingerprint density at radius 2 is 1.72 bits per heavy atom. The highest BCUT2D eigenvalue weighted by Crippen LogP contribution is 2.36. The number of aromatic nitrogens is 2. The van der Waals surface area contributed by atoms with Gasteiger partial charge in [-0.25, -0.2) is 14.8 Å². The number of carbonyl (C=O) groups excluding carboxylic acids is 2. The van der Waals surface area contributed by atoms with Crippen LogP contribution in [0, 0.1) is 12.8 Å². The van der Waals surface area contributed by atoms with Crippen molar-refractivity contribution >= 4 is 50.3 Å². The Balaban J connectivity index is 1.11. The standard InChI is InChI=1S/C43H46N4O6S/c1-26-24-30(52-29-15-12-27(13-16-29)14-21-38(48)49)17-18-31(26)32-19-20-37(45-39(32)41(51)53-43(2,3)4)47-23-22-28-8-7-9-33(34(28)25-47)40(50)46-42-44-35-10-5-6-11-36(35)54-42/h5-11,17-20,24,27,29H,12-16,21-23,25H2,1-4H3,(H,48,49)(H,44,46,50). The normalized spacial score (nSPS) is 17.1. The number of hydrogen-bond acceptors (Lipinski definition) is 9. The molecule has 3 aromatic carbocycles. The van der Waals surface area contributed by atoms with Gasteiger partial charge in [0.15, 0.2) is 10.8 Å². The number of aliphatic carboxylic acids is 1. The van der Waals surface area contributed by atoms with E-state index in [4.69, 9.17) is 19.6 Å². The predicted molar refractivity (Wildman–Crippen MR) is 212 cm³/mol. The molecule has 2 aromatic heterocycles. The summed E-state index contributed by atoms with van der Waals surface area (Å²) in [6.45, 7) is 8.64. The highest BCUT2D eigenvalue weighted by molar-refractivity contribution is 7.22. The monoisotopic (exact) mass is 746 g/mol. The van der Waals surface area contributed by atoms with Crippen molar-refractivity contribution < 1.29 is 29.0 Å². The summed E-state index contributed by atoms with van der Waals surface area (Å²) in [6.07, 6.45) is 5.47. The Hall–Kier alpha value is -5.29. The van der Waals surface area contributed by atoms with Crippen LogP contribution in [-0.4, -0.2) is 51.2 Å². The highest BCUT2D eigenvalue weighted by Gasteiger charge is 2.28. The van der Waals surface area contributed by atoms with Gasteiger partial charge in [-0.05, 0) is 137 Å². The van der Waals surface area contributed by atoms with Crippen LogP contribution in [0.2, 0.25) is 0 Å². The lowest BCUT2D eigenvalue weighted by molar-refractivity contribution is -0.137. The third-order valence-electron chi connectivity index (χ3n) is 10.2. The van der Waals surface area contributed by atoms with E-state index in [0.717, 1.165) is 70.3 Å². The maximum absolute atomic E-state index is 13.8. The Morgan fingerprint density at radius 1 is 0.944 bits per heavy atom. The fourth-order valence-electron chi connectivity index (χ4n) is 7.47. The summed E-state index contributed by atoms with van der Waals surface area (Å²) in [5.41, 5.74) is 5.44. The first-order valence-electron chi connectivity index (χ1n) is 18.7. The minimum Gasteiger partial charge on any atom is -0.490 e. The first-order valence-corrected chi connectivity index (χ1v) is 19.5. The molecule has 0 saturated heterocycles. The largest absolute Gasteiger partial charge is 0.490 e. The molecule has 10 nitrogen and oxygen atoms in total. The second kappa shape index (κ2) is 15.6. The van der Waals surface area contributed by atoms with Crippen LogP contribution in [0.15, 0.2) is 72.8 Å². The lowest BCUT2D eigenvalue weighted by Gasteiger charge is -2.31. The molecule has 0 bridgehead atoms. The van der Waals surface area contributed by atoms with Crippen LogP contribution >= 0.6 is 11.3 Å². The molecule has 280 valence electrons. The Labute approximate surface area is 319 Å². The van der Waals surface area contributed by atoms with Gasteiger partial charge in [0.1, 0.15) is 17.2 Å². The molecular weight excluding hydrogens is 701 g/mol. The number of fused-ring (bicyclic) bond motifs is 2. The van der Waals surface area contributed by atoms with E-state index in [1.165, 1.54) is 11.3 Å². The summed E-state index contributed by atoms with van der Waals surface area (Å²) >= 11 is 1.44. The average molecular weight is 747 g/mol. The molecule has 1 aliphatic heterocycles. The summed E-state index contributed by atoms with van der Waals surface area (Å²) in [7, 11) is 0. The van der Waals surface area contributed by atoms with E-state index in [2.05, 4.69) is 21.3 Å². The van der Waals surface area contributed by atoms with Crippen LogP contribution in [0.4, 0.5) is 10.9 Å². The summed E-state index contributed by atoms with van der Waals surface area (Å²) in [5.74, 6) is 0.372. The van der Waals surface area contributed by atoms with Gasteiger partial charge in [-0.15, -0.1) is 0 Å². The number of nitrogens with zero attached hydrogens (tertiary/aromatic N) is 3. The Morgan fingerprint density at radius 3 is 2.46 bits per heavy atom. The lowest BCUT2D eigenvalue weighted by atomic mass is 9.84. The third-order valence-corrected chi connectivity index (χ3v) is 11.1. The number of hydrogen-bond donors (Lipinski definition) is 2. The SMILES string of the molecule is Cc1cc(OC2CCC(CCC(=O)O)CC2)ccc1-c1ccc(N2CCc3cccc(C(=O)Nc4nc5ccccc5s4)c3C2)nc1C(=O)OC(C)(C)C. The molecular formula is C43H46N4O6S. The van der Waals surface area contributed by atoms with Gasteiger partial charge in [0.05, 0.1) is 16.3 Å². The molecule has 54 heavy (non-hydrogen) atoms. The van der Waals surface area contributed by atoms with Gasteiger partial charge >= 0.3 is 11.9 Å². The first kappa shape index (κ1) is 37.0. The number of thiazole rings is 1. The molecule has 11 heteroatoms. The smallest absolute Gasteiger partial charge is 0.358 e. The van der Waals surface area contributed by atoms with E-state index in [9.17, 15) is 14.4 Å². The average Bonchev–Trinajstić information content (AvgIpc) is 3.55. The van der Waals surface area contributed by atoms with E-state index < -0.39 is 17.5 Å². The first-order chi connectivity index (χ1) is 25.9. The van der Waals surface area contributed by atoms with E-state index in [-0.39, 0.29) is 24.1 Å². The van der Waals surface area contributed by atoms with Crippen molar-refractivity contribution in [3.05, 3.63) is 101 Å². The molecule has 0 unspecified atom stereocenters. The molecule has 5 aromatic rings. The second-order valence-electron chi connectivity index (χ2n) is 15.3. The molecule has 1 saturated carbocycles. The van der Waals surface area contributed by atoms with Crippen molar-refractivity contribution in [3.8, 4) is 16.9 Å². The van der Waals surface area contributed by atoms with E-state index >= 15 is 0 Å². The molecule has 7 rings (SSSR count). The minimum absolute atomic E-state index is 0.0864. The second-order valence-corrected chi connectivity index (χ2v) is 16.3. The molecule has 0 radical (unpaired) electrons. The quantitative estimate of drug-likeness (QED) is 0.134. The lowest BCUT2D eigenvalue weighted by Crippen LogP contribution is -2.33.